The van der Waals surface area contributed by atoms with Gasteiger partial charge in [0.2, 0.25) is 6.41 Å². The van der Waals surface area contributed by atoms with Gasteiger partial charge < -0.3 is 4.90 Å². The van der Waals surface area contributed by atoms with E-state index in [1.165, 1.54) is 0 Å². The number of nitrogens with one attached hydrogen (secondary N) is 2. The van der Waals surface area contributed by atoms with Gasteiger partial charge >= 0.3 is 0 Å². The lowest BCUT2D eigenvalue weighted by atomic mass is 9.99. The van der Waals surface area contributed by atoms with Crippen LogP contribution in [-0.4, -0.2) is 48.9 Å². The Bertz CT molecular complexity index is 238. The zero-order valence-corrected chi connectivity index (χ0v) is 8.03. The van der Waals surface area contributed by atoms with Crippen LogP contribution in [0.1, 0.15) is 12.8 Å². The van der Waals surface area contributed by atoms with E-state index in [2.05, 4.69) is 10.6 Å². The molecule has 2 rings (SSSR count). The van der Waals surface area contributed by atoms with Gasteiger partial charge in [0.1, 0.15) is 6.04 Å². The fourth-order valence-corrected chi connectivity index (χ4v) is 2.15. The third kappa shape index (κ3) is 1.65. The normalized spacial score (nSPS) is 29.6. The molecule has 78 valence electrons. The van der Waals surface area contributed by atoms with Crippen molar-refractivity contribution < 1.29 is 9.59 Å². The van der Waals surface area contributed by atoms with Crippen molar-refractivity contribution in [1.82, 2.24) is 15.5 Å². The largest absolute Gasteiger partial charge is 0.332 e. The topological polar surface area (TPSA) is 61.4 Å². The zero-order chi connectivity index (χ0) is 9.97. The maximum absolute atomic E-state index is 11.7. The van der Waals surface area contributed by atoms with E-state index in [0.717, 1.165) is 25.9 Å². The van der Waals surface area contributed by atoms with Crippen molar-refractivity contribution in [2.45, 2.75) is 25.0 Å². The molecule has 0 aromatic rings. The Labute approximate surface area is 82.8 Å². The molecule has 5 nitrogen and oxygen atoms in total. The minimum Gasteiger partial charge on any atom is -0.332 e. The van der Waals surface area contributed by atoms with Gasteiger partial charge in [-0.25, -0.2) is 0 Å². The summed E-state index contributed by atoms with van der Waals surface area (Å²) in [6.45, 7) is 2.42. The van der Waals surface area contributed by atoms with Gasteiger partial charge in [0, 0.05) is 26.1 Å². The highest BCUT2D eigenvalue weighted by atomic mass is 16.1. The second-order valence-electron chi connectivity index (χ2n) is 3.74. The Morgan fingerprint density at radius 2 is 2.07 bits per heavy atom. The number of Topliss-reactive ketones (excluding diaryl/α,β-unsaturated/α-hetero) is 1. The molecule has 0 aromatic carbocycles. The van der Waals surface area contributed by atoms with E-state index in [9.17, 15) is 9.59 Å². The average Bonchev–Trinajstić information content (AvgIpc) is 2.70. The van der Waals surface area contributed by atoms with E-state index >= 15 is 0 Å². The van der Waals surface area contributed by atoms with Crippen LogP contribution in [-0.2, 0) is 9.59 Å². The lowest BCUT2D eigenvalue weighted by molar-refractivity contribution is -0.135. The van der Waals surface area contributed by atoms with Crippen molar-refractivity contribution in [3.63, 3.8) is 0 Å². The molecule has 0 spiro atoms. The van der Waals surface area contributed by atoms with Gasteiger partial charge in [-0.1, -0.05) is 0 Å². The summed E-state index contributed by atoms with van der Waals surface area (Å²) in [7, 11) is 0. The minimum absolute atomic E-state index is 0.0481. The standard InChI is InChI=1S/C9H15N3O2/c13-6-12-5-1-2-7(14)8(12)9-10-3-4-11-9/h6,8-11H,1-5H2. The van der Waals surface area contributed by atoms with Crippen LogP contribution in [0.3, 0.4) is 0 Å². The molecule has 0 aliphatic carbocycles. The molecule has 2 heterocycles. The first-order chi connectivity index (χ1) is 6.83. The number of ketones is 1. The van der Waals surface area contributed by atoms with Gasteiger partial charge in [-0.15, -0.1) is 0 Å². The summed E-state index contributed by atoms with van der Waals surface area (Å²) in [5, 5.41) is 6.38. The first-order valence-electron chi connectivity index (χ1n) is 5.03. The molecule has 5 heteroatoms. The molecular formula is C9H15N3O2. The van der Waals surface area contributed by atoms with Crippen molar-refractivity contribution >= 4 is 12.2 Å². The molecule has 0 radical (unpaired) electrons. The minimum atomic E-state index is -0.302. The summed E-state index contributed by atoms with van der Waals surface area (Å²) >= 11 is 0. The summed E-state index contributed by atoms with van der Waals surface area (Å²) < 4.78 is 0. The molecule has 2 N–H and O–H groups in total. The SMILES string of the molecule is O=CN1CCCC(=O)C1C1NCCN1. The van der Waals surface area contributed by atoms with Crippen LogP contribution in [0, 0.1) is 0 Å². The summed E-state index contributed by atoms with van der Waals surface area (Å²) in [6, 6.07) is -0.302. The van der Waals surface area contributed by atoms with Crippen LogP contribution in [0.4, 0.5) is 0 Å². The van der Waals surface area contributed by atoms with Crippen LogP contribution >= 0.6 is 0 Å². The van der Waals surface area contributed by atoms with E-state index in [4.69, 9.17) is 0 Å². The Balaban J connectivity index is 2.09. The van der Waals surface area contributed by atoms with Crippen molar-refractivity contribution in [2.75, 3.05) is 19.6 Å². The van der Waals surface area contributed by atoms with Crippen molar-refractivity contribution in [2.24, 2.45) is 0 Å². The number of carbonyl (C=O) groups is 2. The number of hydrogen-bond donors (Lipinski definition) is 2. The van der Waals surface area contributed by atoms with Crippen molar-refractivity contribution in [3.8, 4) is 0 Å². The highest BCUT2D eigenvalue weighted by molar-refractivity contribution is 5.87. The fourth-order valence-electron chi connectivity index (χ4n) is 2.15. The first-order valence-corrected chi connectivity index (χ1v) is 5.03. The lowest BCUT2D eigenvalue weighted by Gasteiger charge is -2.35. The quantitative estimate of drug-likeness (QED) is 0.540. The van der Waals surface area contributed by atoms with E-state index in [1.807, 2.05) is 0 Å². The van der Waals surface area contributed by atoms with E-state index in [1.54, 1.807) is 4.90 Å². The maximum atomic E-state index is 11.7. The predicted octanol–water partition coefficient (Wildman–Crippen LogP) is -1.30. The predicted molar refractivity (Wildman–Crippen MR) is 50.6 cm³/mol. The van der Waals surface area contributed by atoms with Crippen LogP contribution in [0.15, 0.2) is 0 Å². The Kier molecular flexibility index (Phi) is 2.79. The van der Waals surface area contributed by atoms with Crippen LogP contribution < -0.4 is 10.6 Å². The Hall–Kier alpha value is -0.940. The number of carbonyl (C=O) groups excluding carboxylic acids is 2. The number of rotatable bonds is 2. The molecule has 1 atom stereocenters. The molecule has 0 aromatic heterocycles. The molecular weight excluding hydrogens is 182 g/mol. The average molecular weight is 197 g/mol. The fraction of sp³-hybridized carbons (Fsp3) is 0.778. The highest BCUT2D eigenvalue weighted by Crippen LogP contribution is 2.15. The molecule has 1 unspecified atom stereocenters. The Morgan fingerprint density at radius 1 is 1.36 bits per heavy atom. The third-order valence-electron chi connectivity index (χ3n) is 2.83. The third-order valence-corrected chi connectivity index (χ3v) is 2.83. The van der Waals surface area contributed by atoms with E-state index in [-0.39, 0.29) is 18.0 Å². The Morgan fingerprint density at radius 3 is 2.71 bits per heavy atom. The summed E-state index contributed by atoms with van der Waals surface area (Å²) in [5.74, 6) is 0.162. The number of amides is 1. The summed E-state index contributed by atoms with van der Waals surface area (Å²) in [4.78, 5) is 24.1. The summed E-state index contributed by atoms with van der Waals surface area (Å²) in [5.41, 5.74) is 0. The second kappa shape index (κ2) is 4.06. The van der Waals surface area contributed by atoms with Gasteiger partial charge in [0.25, 0.3) is 0 Å². The number of piperidine rings is 1. The second-order valence-corrected chi connectivity index (χ2v) is 3.74. The van der Waals surface area contributed by atoms with Crippen molar-refractivity contribution in [3.05, 3.63) is 0 Å². The van der Waals surface area contributed by atoms with Gasteiger partial charge in [-0.3, -0.25) is 20.2 Å². The van der Waals surface area contributed by atoms with Crippen LogP contribution in [0.5, 0.6) is 0 Å². The smallest absolute Gasteiger partial charge is 0.210 e. The van der Waals surface area contributed by atoms with Crippen LogP contribution in [0.2, 0.25) is 0 Å². The van der Waals surface area contributed by atoms with Gasteiger partial charge in [0.05, 0.1) is 6.17 Å². The van der Waals surface area contributed by atoms with Crippen molar-refractivity contribution in [1.29, 1.82) is 0 Å². The number of hydrogen-bond acceptors (Lipinski definition) is 4. The van der Waals surface area contributed by atoms with Crippen LogP contribution in [0.25, 0.3) is 0 Å². The number of likely N-dealkylation sites (tertiary alicyclic amines) is 1. The monoisotopic (exact) mass is 197 g/mol. The molecule has 14 heavy (non-hydrogen) atoms. The molecule has 2 aliphatic heterocycles. The molecule has 2 saturated heterocycles. The van der Waals surface area contributed by atoms with Gasteiger partial charge in [0.15, 0.2) is 5.78 Å². The summed E-state index contributed by atoms with van der Waals surface area (Å²) in [6.07, 6.45) is 2.12. The van der Waals surface area contributed by atoms with E-state index < -0.39 is 0 Å². The lowest BCUT2D eigenvalue weighted by Crippen LogP contribution is -2.58. The molecule has 0 saturated carbocycles. The molecule has 1 amide bonds. The molecule has 2 aliphatic rings. The molecule has 2 fully saturated rings. The van der Waals surface area contributed by atoms with Gasteiger partial charge in [-0.2, -0.15) is 0 Å². The molecule has 0 bridgehead atoms. The maximum Gasteiger partial charge on any atom is 0.210 e. The first kappa shape index (κ1) is 9.61. The van der Waals surface area contributed by atoms with E-state index in [0.29, 0.717) is 13.0 Å². The number of nitrogens with zero attached hydrogens (tertiary/aromatic N) is 1. The van der Waals surface area contributed by atoms with Gasteiger partial charge in [-0.05, 0) is 6.42 Å². The zero-order valence-electron chi connectivity index (χ0n) is 8.03. The highest BCUT2D eigenvalue weighted by Gasteiger charge is 2.36.